The number of nitrogens with one attached hydrogen (secondary N) is 1. The zero-order chi connectivity index (χ0) is 16.2. The zero-order valence-electron chi connectivity index (χ0n) is 13.9. The highest BCUT2D eigenvalue weighted by Gasteiger charge is 2.31. The lowest BCUT2D eigenvalue weighted by Gasteiger charge is -2.38. The van der Waals surface area contributed by atoms with Gasteiger partial charge in [-0.1, -0.05) is 25.3 Å². The maximum Gasteiger partial charge on any atom is 0.224 e. The van der Waals surface area contributed by atoms with E-state index in [0.29, 0.717) is 18.2 Å². The molecule has 4 heteroatoms. The van der Waals surface area contributed by atoms with Crippen LogP contribution in [0.4, 0.5) is 0 Å². The van der Waals surface area contributed by atoms with Gasteiger partial charge in [0.25, 0.3) is 0 Å². The molecule has 4 nitrogen and oxygen atoms in total. The van der Waals surface area contributed by atoms with Crippen molar-refractivity contribution in [3.63, 3.8) is 0 Å². The molecule has 0 bridgehead atoms. The number of hydrogen-bond donors (Lipinski definition) is 2. The molecule has 3 rings (SSSR count). The minimum absolute atomic E-state index is 0.0600. The summed E-state index contributed by atoms with van der Waals surface area (Å²) in [5.41, 5.74) is 0.861. The molecule has 23 heavy (non-hydrogen) atoms. The molecule has 0 unspecified atom stereocenters. The van der Waals surface area contributed by atoms with Gasteiger partial charge in [0.05, 0.1) is 13.5 Å². The van der Waals surface area contributed by atoms with Gasteiger partial charge in [-0.2, -0.15) is 0 Å². The van der Waals surface area contributed by atoms with E-state index in [4.69, 9.17) is 4.74 Å². The highest BCUT2D eigenvalue weighted by molar-refractivity contribution is 5.79. The lowest BCUT2D eigenvalue weighted by Crippen LogP contribution is -2.40. The number of carbonyl (C=O) groups is 1. The van der Waals surface area contributed by atoms with E-state index in [0.717, 1.165) is 30.2 Å². The average molecular weight is 317 g/mol. The van der Waals surface area contributed by atoms with Crippen LogP contribution in [0.15, 0.2) is 18.2 Å². The van der Waals surface area contributed by atoms with Crippen LogP contribution < -0.4 is 10.1 Å². The first kappa shape index (κ1) is 16.2. The average Bonchev–Trinajstić information content (AvgIpc) is 2.49. The molecule has 1 aromatic rings. The number of benzene rings is 1. The summed E-state index contributed by atoms with van der Waals surface area (Å²) in [6.45, 7) is 0. The Kier molecular flexibility index (Phi) is 5.09. The predicted molar refractivity (Wildman–Crippen MR) is 89.6 cm³/mol. The van der Waals surface area contributed by atoms with Crippen LogP contribution in [0.1, 0.15) is 50.5 Å². The van der Waals surface area contributed by atoms with Crippen molar-refractivity contribution < 1.29 is 14.6 Å². The number of amides is 1. The van der Waals surface area contributed by atoms with Crippen molar-refractivity contribution in [3.8, 4) is 11.5 Å². The fourth-order valence-corrected chi connectivity index (χ4v) is 3.94. The third-order valence-electron chi connectivity index (χ3n) is 5.56. The smallest absolute Gasteiger partial charge is 0.224 e. The monoisotopic (exact) mass is 317 g/mol. The molecule has 126 valence electrons. The zero-order valence-corrected chi connectivity index (χ0v) is 13.9. The molecule has 0 spiro atoms. The van der Waals surface area contributed by atoms with Gasteiger partial charge in [-0.25, -0.2) is 0 Å². The van der Waals surface area contributed by atoms with Gasteiger partial charge >= 0.3 is 0 Å². The Hall–Kier alpha value is -1.71. The molecule has 0 aliphatic heterocycles. The number of aromatic hydroxyl groups is 1. The highest BCUT2D eigenvalue weighted by Crippen LogP contribution is 2.40. The third-order valence-corrected chi connectivity index (χ3v) is 5.56. The van der Waals surface area contributed by atoms with E-state index in [1.807, 2.05) is 0 Å². The van der Waals surface area contributed by atoms with Crippen molar-refractivity contribution in [2.75, 3.05) is 7.11 Å². The standard InChI is InChI=1S/C19H27NO3/c1-23-18-11-13(5-10-17(18)21)12-19(22)20-16-8-6-15(7-9-16)14-3-2-4-14/h5,10-11,14-16,21H,2-4,6-9,12H2,1H3,(H,20,22)/t15-,16-. The Morgan fingerprint density at radius 3 is 2.48 bits per heavy atom. The molecule has 2 fully saturated rings. The number of methoxy groups -OCH3 is 1. The van der Waals surface area contributed by atoms with Crippen molar-refractivity contribution in [1.82, 2.24) is 5.32 Å². The maximum atomic E-state index is 12.2. The summed E-state index contributed by atoms with van der Waals surface area (Å²) < 4.78 is 5.09. The van der Waals surface area contributed by atoms with Crippen molar-refractivity contribution in [2.45, 2.75) is 57.4 Å². The van der Waals surface area contributed by atoms with E-state index in [2.05, 4.69) is 5.32 Å². The largest absolute Gasteiger partial charge is 0.504 e. The second kappa shape index (κ2) is 7.24. The van der Waals surface area contributed by atoms with E-state index in [1.165, 1.54) is 39.2 Å². The van der Waals surface area contributed by atoms with E-state index in [9.17, 15) is 9.90 Å². The molecule has 1 aromatic carbocycles. The molecule has 0 saturated heterocycles. The number of ether oxygens (including phenoxy) is 1. The van der Waals surface area contributed by atoms with Crippen LogP contribution in [0.3, 0.4) is 0 Å². The van der Waals surface area contributed by atoms with Gasteiger partial charge in [-0.3, -0.25) is 4.79 Å². The Bertz CT molecular complexity index is 546. The van der Waals surface area contributed by atoms with Gasteiger partial charge in [0.1, 0.15) is 0 Å². The van der Waals surface area contributed by atoms with Gasteiger partial charge in [-0.05, 0) is 55.2 Å². The molecule has 0 aromatic heterocycles. The van der Waals surface area contributed by atoms with E-state index >= 15 is 0 Å². The first-order valence-electron chi connectivity index (χ1n) is 8.81. The Labute approximate surface area is 138 Å². The van der Waals surface area contributed by atoms with Gasteiger partial charge in [0.15, 0.2) is 11.5 Å². The number of rotatable bonds is 5. The van der Waals surface area contributed by atoms with E-state index in [1.54, 1.807) is 18.2 Å². The summed E-state index contributed by atoms with van der Waals surface area (Å²) in [4.78, 5) is 12.2. The molecule has 1 amide bonds. The molecular formula is C19H27NO3. The molecular weight excluding hydrogens is 290 g/mol. The van der Waals surface area contributed by atoms with Crippen LogP contribution in [-0.4, -0.2) is 24.2 Å². The van der Waals surface area contributed by atoms with Crippen LogP contribution in [-0.2, 0) is 11.2 Å². The molecule has 2 aliphatic rings. The summed E-state index contributed by atoms with van der Waals surface area (Å²) in [6, 6.07) is 5.40. The Balaban J connectivity index is 1.46. The van der Waals surface area contributed by atoms with Crippen LogP contribution >= 0.6 is 0 Å². The topological polar surface area (TPSA) is 58.6 Å². The molecule has 2 aliphatic carbocycles. The number of phenolic OH excluding ortho intramolecular Hbond substituents is 1. The maximum absolute atomic E-state index is 12.2. The summed E-state index contributed by atoms with van der Waals surface area (Å²) in [6.07, 6.45) is 9.36. The second-order valence-electron chi connectivity index (χ2n) is 7.05. The van der Waals surface area contributed by atoms with Crippen LogP contribution in [0.2, 0.25) is 0 Å². The van der Waals surface area contributed by atoms with Crippen LogP contribution in [0.5, 0.6) is 11.5 Å². The number of hydrogen-bond acceptors (Lipinski definition) is 3. The summed E-state index contributed by atoms with van der Waals surface area (Å²) in [5.74, 6) is 2.45. The third kappa shape index (κ3) is 3.98. The van der Waals surface area contributed by atoms with Gasteiger partial charge in [-0.15, -0.1) is 0 Å². The minimum atomic E-state index is 0.0600. The van der Waals surface area contributed by atoms with Gasteiger partial charge < -0.3 is 15.2 Å². The fraction of sp³-hybridized carbons (Fsp3) is 0.632. The highest BCUT2D eigenvalue weighted by atomic mass is 16.5. The van der Waals surface area contributed by atoms with Crippen LogP contribution in [0.25, 0.3) is 0 Å². The summed E-state index contributed by atoms with van der Waals surface area (Å²) in [7, 11) is 1.51. The molecule has 0 atom stereocenters. The summed E-state index contributed by atoms with van der Waals surface area (Å²) >= 11 is 0. The van der Waals surface area contributed by atoms with Crippen LogP contribution in [0, 0.1) is 11.8 Å². The summed E-state index contributed by atoms with van der Waals surface area (Å²) in [5, 5.41) is 12.8. The van der Waals surface area contributed by atoms with E-state index < -0.39 is 0 Å². The van der Waals surface area contributed by atoms with Crippen molar-refractivity contribution in [3.05, 3.63) is 23.8 Å². The SMILES string of the molecule is COc1cc(CC(=O)N[C@H]2CC[C@H](C3CCC3)CC2)ccc1O. The second-order valence-corrected chi connectivity index (χ2v) is 7.05. The first-order chi connectivity index (χ1) is 11.2. The quantitative estimate of drug-likeness (QED) is 0.875. The fourth-order valence-electron chi connectivity index (χ4n) is 3.94. The van der Waals surface area contributed by atoms with Gasteiger partial charge in [0, 0.05) is 6.04 Å². The molecule has 2 N–H and O–H groups in total. The van der Waals surface area contributed by atoms with Crippen molar-refractivity contribution in [2.24, 2.45) is 11.8 Å². The Morgan fingerprint density at radius 1 is 1.17 bits per heavy atom. The molecule has 0 radical (unpaired) electrons. The number of phenols is 1. The lowest BCUT2D eigenvalue weighted by atomic mass is 9.69. The van der Waals surface area contributed by atoms with Crippen molar-refractivity contribution in [1.29, 1.82) is 0 Å². The molecule has 2 saturated carbocycles. The first-order valence-corrected chi connectivity index (χ1v) is 8.81. The lowest BCUT2D eigenvalue weighted by molar-refractivity contribution is -0.121. The van der Waals surface area contributed by atoms with E-state index in [-0.39, 0.29) is 11.7 Å². The Morgan fingerprint density at radius 2 is 1.87 bits per heavy atom. The van der Waals surface area contributed by atoms with Gasteiger partial charge in [0.2, 0.25) is 5.91 Å². The van der Waals surface area contributed by atoms with Crippen molar-refractivity contribution >= 4 is 5.91 Å². The normalized spacial score (nSPS) is 24.7. The number of carbonyl (C=O) groups excluding carboxylic acids is 1. The minimum Gasteiger partial charge on any atom is -0.504 e. The molecule has 0 heterocycles. The predicted octanol–water partition coefficient (Wildman–Crippen LogP) is 3.42.